The number of nitro benzene ring substituents is 1. The predicted molar refractivity (Wildman–Crippen MR) is 122 cm³/mol. The Kier molecular flexibility index (Phi) is 6.39. The number of nitro groups is 1. The molecule has 1 aliphatic carbocycles. The molecule has 0 bridgehead atoms. The van der Waals surface area contributed by atoms with Crippen LogP contribution in [0, 0.1) is 17.0 Å². The van der Waals surface area contributed by atoms with E-state index in [9.17, 15) is 25.1 Å². The van der Waals surface area contributed by atoms with Crippen molar-refractivity contribution in [2.75, 3.05) is 13.2 Å². The lowest BCUT2D eigenvalue weighted by Crippen LogP contribution is -2.36. The maximum absolute atomic E-state index is 12.3. The van der Waals surface area contributed by atoms with Crippen LogP contribution < -0.4 is 5.32 Å². The van der Waals surface area contributed by atoms with Gasteiger partial charge >= 0.3 is 6.09 Å². The average Bonchev–Trinajstić information content (AvgIpc) is 3.14. The normalized spacial score (nSPS) is 14.2. The van der Waals surface area contributed by atoms with E-state index in [4.69, 9.17) is 4.74 Å². The molecule has 8 heteroatoms. The molecule has 0 radical (unpaired) electrons. The van der Waals surface area contributed by atoms with E-state index in [0.29, 0.717) is 5.56 Å². The molecule has 0 spiro atoms. The monoisotopic (exact) mass is 448 g/mol. The average molecular weight is 448 g/mol. The summed E-state index contributed by atoms with van der Waals surface area (Å²) in [7, 11) is 0. The summed E-state index contributed by atoms with van der Waals surface area (Å²) in [5, 5.41) is 34.4. The van der Waals surface area contributed by atoms with E-state index in [2.05, 4.69) is 5.32 Å². The van der Waals surface area contributed by atoms with Gasteiger partial charge in [0.05, 0.1) is 10.5 Å². The van der Waals surface area contributed by atoms with Gasteiger partial charge in [-0.2, -0.15) is 0 Å². The molecule has 0 saturated heterocycles. The highest BCUT2D eigenvalue weighted by molar-refractivity contribution is 5.79. The fourth-order valence-corrected chi connectivity index (χ4v) is 4.23. The summed E-state index contributed by atoms with van der Waals surface area (Å²) in [5.41, 5.74) is 4.77. The van der Waals surface area contributed by atoms with Gasteiger partial charge in [-0.1, -0.05) is 60.2 Å². The molecule has 0 aliphatic heterocycles. The Morgan fingerprint density at radius 2 is 1.67 bits per heavy atom. The Hall–Kier alpha value is -3.75. The summed E-state index contributed by atoms with van der Waals surface area (Å²) in [6, 6.07) is 20.2. The van der Waals surface area contributed by atoms with Crippen LogP contribution in [0.5, 0.6) is 0 Å². The highest BCUT2D eigenvalue weighted by Gasteiger charge is 2.30. The van der Waals surface area contributed by atoms with Crippen molar-refractivity contribution in [3.8, 4) is 11.1 Å². The lowest BCUT2D eigenvalue weighted by Gasteiger charge is -2.19. The van der Waals surface area contributed by atoms with Crippen molar-refractivity contribution in [1.82, 2.24) is 5.32 Å². The minimum atomic E-state index is -1.54. The van der Waals surface area contributed by atoms with Gasteiger partial charge in [0.15, 0.2) is 0 Å². The summed E-state index contributed by atoms with van der Waals surface area (Å²) >= 11 is 0. The zero-order valence-corrected chi connectivity index (χ0v) is 18.0. The van der Waals surface area contributed by atoms with E-state index < -0.39 is 23.2 Å². The second-order valence-electron chi connectivity index (χ2n) is 8.04. The van der Waals surface area contributed by atoms with E-state index in [1.165, 1.54) is 12.1 Å². The van der Waals surface area contributed by atoms with Crippen LogP contribution in [0.15, 0.2) is 66.7 Å². The molecule has 3 aromatic rings. The van der Waals surface area contributed by atoms with E-state index in [-0.39, 0.29) is 30.3 Å². The number of rotatable bonds is 7. The first-order valence-corrected chi connectivity index (χ1v) is 10.6. The second kappa shape index (κ2) is 9.40. The molecule has 170 valence electrons. The largest absolute Gasteiger partial charge is 0.449 e. The number of benzene rings is 3. The molecule has 2 unspecified atom stereocenters. The van der Waals surface area contributed by atoms with Crippen molar-refractivity contribution in [1.29, 1.82) is 0 Å². The zero-order valence-electron chi connectivity index (χ0n) is 18.0. The topological polar surface area (TPSA) is 122 Å². The van der Waals surface area contributed by atoms with E-state index in [1.807, 2.05) is 48.5 Å². The van der Waals surface area contributed by atoms with Gasteiger partial charge in [0, 0.05) is 18.5 Å². The Labute approximate surface area is 190 Å². The van der Waals surface area contributed by atoms with E-state index in [0.717, 1.165) is 22.3 Å². The van der Waals surface area contributed by atoms with Crippen molar-refractivity contribution in [3.05, 3.63) is 99.1 Å². The Balaban J connectivity index is 1.37. The molecule has 8 nitrogen and oxygen atoms in total. The molecular formula is C25H24N2O6. The molecule has 0 heterocycles. The number of aryl methyl sites for hydroxylation is 1. The second-order valence-corrected chi connectivity index (χ2v) is 8.04. The summed E-state index contributed by atoms with van der Waals surface area (Å²) in [5.74, 6) is -0.103. The minimum Gasteiger partial charge on any atom is -0.449 e. The van der Waals surface area contributed by atoms with Crippen molar-refractivity contribution >= 4 is 11.8 Å². The van der Waals surface area contributed by atoms with Crippen LogP contribution in [0.3, 0.4) is 0 Å². The van der Waals surface area contributed by atoms with Crippen LogP contribution in [0.25, 0.3) is 11.1 Å². The fraction of sp³-hybridized carbons (Fsp3) is 0.240. The first kappa shape index (κ1) is 22.4. The standard InChI is InChI=1S/C25H24N2O6/c1-15-10-11-22(27(31)32)20(12-15)24(29)23(28)13-26-25(30)33-14-21-18-8-4-2-6-16(18)17-7-3-5-9-19(17)21/h2-12,21,23-24,28-29H,13-14H2,1H3,(H,26,30). The van der Waals surface area contributed by atoms with Crippen molar-refractivity contribution in [2.24, 2.45) is 0 Å². The first-order valence-electron chi connectivity index (χ1n) is 10.6. The van der Waals surface area contributed by atoms with Crippen molar-refractivity contribution in [3.63, 3.8) is 0 Å². The molecule has 0 fully saturated rings. The lowest BCUT2D eigenvalue weighted by molar-refractivity contribution is -0.386. The zero-order chi connectivity index (χ0) is 23.5. The Bertz CT molecular complexity index is 1150. The molecule has 4 rings (SSSR count). The summed E-state index contributed by atoms with van der Waals surface area (Å²) in [4.78, 5) is 22.9. The number of aliphatic hydroxyl groups excluding tert-OH is 2. The quantitative estimate of drug-likeness (QED) is 0.373. The van der Waals surface area contributed by atoms with Crippen LogP contribution >= 0.6 is 0 Å². The lowest BCUT2D eigenvalue weighted by atomic mass is 9.98. The predicted octanol–water partition coefficient (Wildman–Crippen LogP) is 3.84. The van der Waals surface area contributed by atoms with Crippen LogP contribution in [0.4, 0.5) is 10.5 Å². The third kappa shape index (κ3) is 4.57. The molecule has 1 amide bonds. The number of ether oxygens (including phenoxy) is 1. The minimum absolute atomic E-state index is 0.0122. The number of amides is 1. The molecular weight excluding hydrogens is 424 g/mol. The molecule has 1 aliphatic rings. The van der Waals surface area contributed by atoms with E-state index >= 15 is 0 Å². The number of fused-ring (bicyclic) bond motifs is 3. The number of alkyl carbamates (subject to hydrolysis) is 1. The highest BCUT2D eigenvalue weighted by Crippen LogP contribution is 2.44. The maximum Gasteiger partial charge on any atom is 0.407 e. The van der Waals surface area contributed by atoms with Gasteiger partial charge in [-0.05, 0) is 35.2 Å². The number of carbonyl (C=O) groups is 1. The van der Waals surface area contributed by atoms with Crippen LogP contribution in [0.1, 0.15) is 34.3 Å². The maximum atomic E-state index is 12.3. The first-order chi connectivity index (χ1) is 15.9. The third-order valence-corrected chi connectivity index (χ3v) is 5.86. The van der Waals surface area contributed by atoms with Gasteiger partial charge in [-0.25, -0.2) is 4.79 Å². The number of nitrogens with one attached hydrogen (secondary N) is 1. The summed E-state index contributed by atoms with van der Waals surface area (Å²) in [6.45, 7) is 1.51. The van der Waals surface area contributed by atoms with Crippen LogP contribution in [0.2, 0.25) is 0 Å². The highest BCUT2D eigenvalue weighted by atomic mass is 16.6. The number of hydrogen-bond acceptors (Lipinski definition) is 6. The molecule has 2 atom stereocenters. The molecule has 33 heavy (non-hydrogen) atoms. The molecule has 0 saturated carbocycles. The molecule has 3 N–H and O–H groups in total. The van der Waals surface area contributed by atoms with E-state index in [1.54, 1.807) is 13.0 Å². The Morgan fingerprint density at radius 3 is 2.27 bits per heavy atom. The SMILES string of the molecule is Cc1ccc([N+](=O)[O-])c(C(O)C(O)CNC(=O)OCC2c3ccccc3-c3ccccc32)c1. The smallest absolute Gasteiger partial charge is 0.407 e. The van der Waals surface area contributed by atoms with Gasteiger partial charge < -0.3 is 20.3 Å². The van der Waals surface area contributed by atoms with Crippen molar-refractivity contribution < 1.29 is 24.7 Å². The number of carbonyl (C=O) groups excluding carboxylic acids is 1. The van der Waals surface area contributed by atoms with Gasteiger partial charge in [-0.3, -0.25) is 10.1 Å². The van der Waals surface area contributed by atoms with Crippen LogP contribution in [-0.2, 0) is 4.74 Å². The van der Waals surface area contributed by atoms with Crippen LogP contribution in [-0.4, -0.2) is 40.5 Å². The fourth-order valence-electron chi connectivity index (χ4n) is 4.23. The van der Waals surface area contributed by atoms with Crippen molar-refractivity contribution in [2.45, 2.75) is 25.0 Å². The molecule has 3 aromatic carbocycles. The number of aliphatic hydroxyl groups is 2. The van der Waals surface area contributed by atoms with Gasteiger partial charge in [0.25, 0.3) is 5.69 Å². The number of nitrogens with zero attached hydrogens (tertiary/aromatic N) is 1. The van der Waals surface area contributed by atoms with Gasteiger partial charge in [0.1, 0.15) is 18.8 Å². The third-order valence-electron chi connectivity index (χ3n) is 5.86. The number of hydrogen-bond donors (Lipinski definition) is 3. The Morgan fingerprint density at radius 1 is 1.06 bits per heavy atom. The summed E-state index contributed by atoms with van der Waals surface area (Å²) in [6.07, 6.45) is -3.74. The summed E-state index contributed by atoms with van der Waals surface area (Å²) < 4.78 is 5.41. The molecule has 0 aromatic heterocycles. The van der Waals surface area contributed by atoms with Gasteiger partial charge in [-0.15, -0.1) is 0 Å². The van der Waals surface area contributed by atoms with Gasteiger partial charge in [0.2, 0.25) is 0 Å².